The van der Waals surface area contributed by atoms with Crippen molar-refractivity contribution < 1.29 is 9.90 Å². The molecular weight excluding hydrogens is 422 g/mol. The number of carbonyl (C=O) groups is 1. The van der Waals surface area contributed by atoms with Gasteiger partial charge in [-0.15, -0.1) is 11.3 Å². The van der Waals surface area contributed by atoms with E-state index < -0.39 is 5.97 Å². The number of nitrogens with zero attached hydrogens (tertiary/aromatic N) is 4. The molecule has 2 N–H and O–H groups in total. The molecule has 0 unspecified atom stereocenters. The van der Waals surface area contributed by atoms with Gasteiger partial charge in [0.1, 0.15) is 11.6 Å². The fourth-order valence-electron chi connectivity index (χ4n) is 3.94. The number of aliphatic carboxylic acids is 1. The summed E-state index contributed by atoms with van der Waals surface area (Å²) in [7, 11) is 0. The van der Waals surface area contributed by atoms with Crippen LogP contribution in [0.4, 0.5) is 11.6 Å². The van der Waals surface area contributed by atoms with Crippen LogP contribution in [0.25, 0.3) is 10.6 Å². The monoisotopic (exact) mass is 449 g/mol. The van der Waals surface area contributed by atoms with Crippen LogP contribution in [0.1, 0.15) is 42.7 Å². The number of likely N-dealkylation sites (tertiary alicyclic amines) is 1. The van der Waals surface area contributed by atoms with Crippen LogP contribution in [0.15, 0.2) is 54.5 Å². The van der Waals surface area contributed by atoms with E-state index in [0.29, 0.717) is 5.92 Å². The lowest BCUT2D eigenvalue weighted by Gasteiger charge is -2.34. The van der Waals surface area contributed by atoms with Gasteiger partial charge in [-0.1, -0.05) is 12.1 Å². The first-order valence-electron chi connectivity index (χ1n) is 10.8. The van der Waals surface area contributed by atoms with Crippen molar-refractivity contribution in [2.24, 2.45) is 0 Å². The van der Waals surface area contributed by atoms with Gasteiger partial charge in [0, 0.05) is 37.1 Å². The van der Waals surface area contributed by atoms with Crippen molar-refractivity contribution in [1.29, 1.82) is 0 Å². The summed E-state index contributed by atoms with van der Waals surface area (Å²) < 4.78 is 0. The van der Waals surface area contributed by atoms with Crippen molar-refractivity contribution in [3.63, 3.8) is 0 Å². The van der Waals surface area contributed by atoms with E-state index in [1.54, 1.807) is 17.5 Å². The fraction of sp³-hybridized carbons (Fsp3) is 0.333. The van der Waals surface area contributed by atoms with Gasteiger partial charge in [0.2, 0.25) is 0 Å². The Morgan fingerprint density at radius 3 is 2.78 bits per heavy atom. The molecule has 0 spiro atoms. The summed E-state index contributed by atoms with van der Waals surface area (Å²) in [6.07, 6.45) is 7.62. The number of nitrogens with one attached hydrogen (secondary N) is 1. The first-order chi connectivity index (χ1) is 15.5. The summed E-state index contributed by atoms with van der Waals surface area (Å²) in [6.45, 7) is 5.65. The van der Waals surface area contributed by atoms with Crippen molar-refractivity contribution in [1.82, 2.24) is 19.9 Å². The average Bonchev–Trinajstić information content (AvgIpc) is 3.28. The van der Waals surface area contributed by atoms with Gasteiger partial charge < -0.3 is 15.3 Å². The standard InChI is InChI=1S/C24H27N5O2S/c1-3-18(14-23(30)31)29-11-8-17(9-12-29)24-26-15-20(32-24)19-5-4-6-21(27-19)28-22-13-16(2)7-10-25-22/h3-7,10,13,15,17H,8-9,11-12,14H2,1-2H3,(H,30,31)(H,25,27,28)/b18-3+. The number of carboxylic acid groups (broad SMARTS) is 1. The molecule has 0 saturated carbocycles. The van der Waals surface area contributed by atoms with Crippen LogP contribution in [-0.4, -0.2) is 44.0 Å². The molecule has 1 aliphatic heterocycles. The molecule has 32 heavy (non-hydrogen) atoms. The first kappa shape index (κ1) is 22.0. The van der Waals surface area contributed by atoms with Gasteiger partial charge in [-0.3, -0.25) is 4.79 Å². The lowest BCUT2D eigenvalue weighted by molar-refractivity contribution is -0.136. The quantitative estimate of drug-likeness (QED) is 0.511. The number of anilines is 2. The van der Waals surface area contributed by atoms with Crippen LogP contribution < -0.4 is 5.32 Å². The van der Waals surface area contributed by atoms with Gasteiger partial charge in [0.05, 0.1) is 22.0 Å². The lowest BCUT2D eigenvalue weighted by atomic mass is 9.97. The summed E-state index contributed by atoms with van der Waals surface area (Å²) in [5.41, 5.74) is 2.93. The van der Waals surface area contributed by atoms with Crippen molar-refractivity contribution in [3.8, 4) is 10.6 Å². The molecule has 3 aromatic rings. The van der Waals surface area contributed by atoms with E-state index >= 15 is 0 Å². The molecule has 0 aliphatic carbocycles. The molecule has 0 atom stereocenters. The zero-order valence-corrected chi connectivity index (χ0v) is 19.1. The summed E-state index contributed by atoms with van der Waals surface area (Å²) in [4.78, 5) is 28.1. The molecule has 0 bridgehead atoms. The van der Waals surface area contributed by atoms with Crippen molar-refractivity contribution in [2.45, 2.75) is 39.0 Å². The molecule has 1 aliphatic rings. The second kappa shape index (κ2) is 9.91. The summed E-state index contributed by atoms with van der Waals surface area (Å²) >= 11 is 1.69. The van der Waals surface area contributed by atoms with Crippen molar-refractivity contribution in [3.05, 3.63) is 65.1 Å². The highest BCUT2D eigenvalue weighted by atomic mass is 32.1. The average molecular weight is 450 g/mol. The molecule has 1 fully saturated rings. The van der Waals surface area contributed by atoms with E-state index in [-0.39, 0.29) is 6.42 Å². The number of allylic oxidation sites excluding steroid dienone is 1. The highest BCUT2D eigenvalue weighted by molar-refractivity contribution is 7.15. The van der Waals surface area contributed by atoms with Crippen LogP contribution in [-0.2, 0) is 4.79 Å². The second-order valence-corrected chi connectivity index (χ2v) is 8.99. The summed E-state index contributed by atoms with van der Waals surface area (Å²) in [6, 6.07) is 9.87. The van der Waals surface area contributed by atoms with Crippen LogP contribution in [0.5, 0.6) is 0 Å². The van der Waals surface area contributed by atoms with Gasteiger partial charge in [0.25, 0.3) is 0 Å². The van der Waals surface area contributed by atoms with Gasteiger partial charge in [-0.2, -0.15) is 0 Å². The number of thiazole rings is 1. The minimum Gasteiger partial charge on any atom is -0.481 e. The predicted octanol–water partition coefficient (Wildman–Crippen LogP) is 5.21. The topological polar surface area (TPSA) is 91.2 Å². The SMILES string of the molecule is C/C=C(\CC(=O)O)N1CCC(c2ncc(-c3cccc(Nc4cc(C)ccn4)n3)s2)CC1. The minimum absolute atomic E-state index is 0.0800. The molecule has 8 heteroatoms. The molecule has 0 aromatic carbocycles. The molecule has 0 radical (unpaired) electrons. The lowest BCUT2D eigenvalue weighted by Crippen LogP contribution is -2.33. The van der Waals surface area contributed by atoms with Crippen LogP contribution in [0.2, 0.25) is 0 Å². The van der Waals surface area contributed by atoms with Crippen molar-refractivity contribution >= 4 is 28.9 Å². The number of aromatic nitrogens is 3. The molecule has 3 aromatic heterocycles. The second-order valence-electron chi connectivity index (χ2n) is 7.93. The highest BCUT2D eigenvalue weighted by Gasteiger charge is 2.25. The number of piperidine rings is 1. The molecule has 166 valence electrons. The number of aryl methyl sites for hydroxylation is 1. The number of hydrogen-bond acceptors (Lipinski definition) is 7. The van der Waals surface area contributed by atoms with Crippen LogP contribution >= 0.6 is 11.3 Å². The Hall–Kier alpha value is -3.26. The van der Waals surface area contributed by atoms with E-state index in [1.165, 1.54) is 0 Å². The number of carboxylic acids is 1. The Morgan fingerprint density at radius 1 is 1.25 bits per heavy atom. The molecule has 4 heterocycles. The summed E-state index contributed by atoms with van der Waals surface area (Å²) in [5.74, 6) is 1.13. The molecular formula is C24H27N5O2S. The maximum Gasteiger partial charge on any atom is 0.309 e. The van der Waals surface area contributed by atoms with Gasteiger partial charge in [-0.25, -0.2) is 15.0 Å². The zero-order valence-electron chi connectivity index (χ0n) is 18.3. The fourth-order valence-corrected chi connectivity index (χ4v) is 4.99. The zero-order chi connectivity index (χ0) is 22.5. The molecule has 4 rings (SSSR count). The number of rotatable bonds is 7. The normalized spacial score (nSPS) is 15.1. The van der Waals surface area contributed by atoms with E-state index in [4.69, 9.17) is 15.1 Å². The van der Waals surface area contributed by atoms with Gasteiger partial charge in [-0.05, 0) is 56.5 Å². The van der Waals surface area contributed by atoms with E-state index in [1.807, 2.05) is 56.5 Å². The Kier molecular flexibility index (Phi) is 6.80. The van der Waals surface area contributed by atoms with Gasteiger partial charge in [0.15, 0.2) is 0 Å². The van der Waals surface area contributed by atoms with Gasteiger partial charge >= 0.3 is 5.97 Å². The first-order valence-corrected chi connectivity index (χ1v) is 11.6. The van der Waals surface area contributed by atoms with Crippen molar-refractivity contribution in [2.75, 3.05) is 18.4 Å². The van der Waals surface area contributed by atoms with Crippen LogP contribution in [0.3, 0.4) is 0 Å². The maximum atomic E-state index is 11.1. The summed E-state index contributed by atoms with van der Waals surface area (Å²) in [5, 5.41) is 13.5. The Morgan fingerprint density at radius 2 is 2.06 bits per heavy atom. The van der Waals surface area contributed by atoms with E-state index in [9.17, 15) is 4.79 Å². The Bertz CT molecular complexity index is 1120. The van der Waals surface area contributed by atoms with E-state index in [2.05, 4.69) is 15.2 Å². The maximum absolute atomic E-state index is 11.1. The molecule has 7 nitrogen and oxygen atoms in total. The third-order valence-electron chi connectivity index (χ3n) is 5.61. The number of hydrogen-bond donors (Lipinski definition) is 2. The Balaban J connectivity index is 1.42. The third-order valence-corrected chi connectivity index (χ3v) is 6.79. The van der Waals surface area contributed by atoms with E-state index in [0.717, 1.165) is 64.4 Å². The third kappa shape index (κ3) is 5.31. The van der Waals surface area contributed by atoms with Crippen LogP contribution in [0, 0.1) is 6.92 Å². The predicted molar refractivity (Wildman–Crippen MR) is 127 cm³/mol. The highest BCUT2D eigenvalue weighted by Crippen LogP contribution is 2.35. The minimum atomic E-state index is -0.785. The molecule has 1 saturated heterocycles. The number of pyridine rings is 2. The Labute approximate surface area is 191 Å². The molecule has 0 amide bonds. The smallest absolute Gasteiger partial charge is 0.309 e. The largest absolute Gasteiger partial charge is 0.481 e.